The van der Waals surface area contributed by atoms with Crippen LogP contribution in [0.3, 0.4) is 0 Å². The van der Waals surface area contributed by atoms with Gasteiger partial charge in [0.1, 0.15) is 11.2 Å². The number of fused-ring (bicyclic) bond motifs is 1. The van der Waals surface area contributed by atoms with Crippen molar-refractivity contribution < 1.29 is 4.39 Å². The van der Waals surface area contributed by atoms with Crippen molar-refractivity contribution in [3.63, 3.8) is 0 Å². The minimum atomic E-state index is -0.377. The van der Waals surface area contributed by atoms with Gasteiger partial charge in [0.25, 0.3) is 5.56 Å². The molecule has 1 saturated heterocycles. The summed E-state index contributed by atoms with van der Waals surface area (Å²) in [7, 11) is 0. The molecule has 0 spiro atoms. The first-order valence-corrected chi connectivity index (χ1v) is 10.6. The van der Waals surface area contributed by atoms with Crippen molar-refractivity contribution in [1.82, 2.24) is 19.9 Å². The first-order valence-electron chi connectivity index (χ1n) is 10.6. The molecule has 0 amide bonds. The molecule has 0 bridgehead atoms. The third-order valence-electron chi connectivity index (χ3n) is 6.02. The molecule has 158 valence electrons. The van der Waals surface area contributed by atoms with Crippen LogP contribution in [0.15, 0.2) is 35.3 Å². The highest BCUT2D eigenvalue weighted by atomic mass is 19.1. The normalized spacial score (nSPS) is 16.2. The lowest BCUT2D eigenvalue weighted by Crippen LogP contribution is -2.46. The number of aromatic nitrogens is 3. The fourth-order valence-electron chi connectivity index (χ4n) is 3.88. The smallest absolute Gasteiger partial charge is 0.270 e. The van der Waals surface area contributed by atoms with Crippen LogP contribution in [0.5, 0.6) is 0 Å². The van der Waals surface area contributed by atoms with Gasteiger partial charge in [0.15, 0.2) is 5.82 Å². The van der Waals surface area contributed by atoms with Crippen LogP contribution in [0.2, 0.25) is 0 Å². The van der Waals surface area contributed by atoms with Crippen LogP contribution in [-0.4, -0.2) is 46.0 Å². The summed E-state index contributed by atoms with van der Waals surface area (Å²) in [4.78, 5) is 28.4. The quantitative estimate of drug-likeness (QED) is 0.698. The summed E-state index contributed by atoms with van der Waals surface area (Å²) in [6.07, 6.45) is 2.72. The number of nitrogens with zero attached hydrogens (tertiary/aromatic N) is 4. The van der Waals surface area contributed by atoms with Gasteiger partial charge in [-0.3, -0.25) is 14.7 Å². The lowest BCUT2D eigenvalue weighted by molar-refractivity contribution is 0.247. The zero-order valence-corrected chi connectivity index (χ0v) is 17.8. The van der Waals surface area contributed by atoms with Crippen LogP contribution >= 0.6 is 0 Å². The van der Waals surface area contributed by atoms with Crippen LogP contribution in [-0.2, 0) is 6.54 Å². The van der Waals surface area contributed by atoms with E-state index < -0.39 is 0 Å². The Balaban J connectivity index is 1.48. The topological polar surface area (TPSA) is 65.1 Å². The maximum absolute atomic E-state index is 15.1. The number of pyridine rings is 1. The lowest BCUT2D eigenvalue weighted by atomic mass is 10.0. The van der Waals surface area contributed by atoms with Crippen molar-refractivity contribution in [1.29, 1.82) is 0 Å². The maximum atomic E-state index is 15.1. The average molecular weight is 410 g/mol. The van der Waals surface area contributed by atoms with Crippen molar-refractivity contribution in [3.05, 3.63) is 63.6 Å². The fourth-order valence-corrected chi connectivity index (χ4v) is 3.88. The van der Waals surface area contributed by atoms with Crippen LogP contribution < -0.4 is 10.5 Å². The number of aryl methyl sites for hydroxylation is 1. The number of piperazine rings is 1. The first kappa shape index (κ1) is 20.5. The van der Waals surface area contributed by atoms with Gasteiger partial charge in [-0.05, 0) is 31.5 Å². The highest BCUT2D eigenvalue weighted by Crippen LogP contribution is 2.22. The Morgan fingerprint density at radius 1 is 1.17 bits per heavy atom. The fraction of sp³-hybridized carbons (Fsp3) is 0.435. The molecule has 1 unspecified atom stereocenters. The number of halogens is 1. The van der Waals surface area contributed by atoms with E-state index in [1.54, 1.807) is 6.07 Å². The van der Waals surface area contributed by atoms with Gasteiger partial charge < -0.3 is 9.88 Å². The zero-order valence-electron chi connectivity index (χ0n) is 17.8. The summed E-state index contributed by atoms with van der Waals surface area (Å²) < 4.78 is 15.1. The molecule has 4 rings (SSSR count). The van der Waals surface area contributed by atoms with Crippen LogP contribution in [0.4, 0.5) is 10.1 Å². The van der Waals surface area contributed by atoms with E-state index in [4.69, 9.17) is 0 Å². The van der Waals surface area contributed by atoms with E-state index in [0.717, 1.165) is 44.0 Å². The van der Waals surface area contributed by atoms with Gasteiger partial charge in [0.05, 0.1) is 17.4 Å². The van der Waals surface area contributed by atoms with Crippen molar-refractivity contribution >= 4 is 16.7 Å². The molecule has 0 aliphatic carbocycles. The van der Waals surface area contributed by atoms with Gasteiger partial charge in [-0.2, -0.15) is 0 Å². The predicted octanol–water partition coefficient (Wildman–Crippen LogP) is 3.60. The van der Waals surface area contributed by atoms with Crippen molar-refractivity contribution in [3.8, 4) is 0 Å². The summed E-state index contributed by atoms with van der Waals surface area (Å²) in [6, 6.07) is 7.72. The van der Waals surface area contributed by atoms with E-state index in [-0.39, 0.29) is 22.8 Å². The van der Waals surface area contributed by atoms with E-state index in [0.29, 0.717) is 23.3 Å². The summed E-state index contributed by atoms with van der Waals surface area (Å²) in [5.74, 6) is -0.334. The summed E-state index contributed by atoms with van der Waals surface area (Å²) in [5.41, 5.74) is 3.59. The second-order valence-electron chi connectivity index (χ2n) is 8.11. The molecular weight excluding hydrogens is 381 g/mol. The minimum absolute atomic E-state index is 0.0425. The largest absolute Gasteiger partial charge is 0.368 e. The van der Waals surface area contributed by atoms with E-state index in [9.17, 15) is 4.79 Å². The Hall–Kier alpha value is -2.80. The minimum Gasteiger partial charge on any atom is -0.368 e. The molecule has 1 atom stereocenters. The zero-order chi connectivity index (χ0) is 21.3. The molecule has 7 heteroatoms. The van der Waals surface area contributed by atoms with E-state index in [2.05, 4.69) is 30.8 Å². The molecule has 0 saturated carbocycles. The number of aromatic amines is 1. The molecule has 1 aliphatic rings. The van der Waals surface area contributed by atoms with Crippen LogP contribution in [0, 0.1) is 12.7 Å². The summed E-state index contributed by atoms with van der Waals surface area (Å²) in [5, 5.41) is 0. The highest BCUT2D eigenvalue weighted by Gasteiger charge is 2.20. The Morgan fingerprint density at radius 3 is 2.60 bits per heavy atom. The Kier molecular flexibility index (Phi) is 5.81. The number of hydrogen-bond donors (Lipinski definition) is 1. The summed E-state index contributed by atoms with van der Waals surface area (Å²) >= 11 is 0. The van der Waals surface area contributed by atoms with E-state index in [1.807, 2.05) is 39.1 Å². The lowest BCUT2D eigenvalue weighted by Gasteiger charge is -2.36. The molecule has 1 aromatic carbocycles. The molecule has 30 heavy (non-hydrogen) atoms. The number of H-pyrrole nitrogens is 1. The summed E-state index contributed by atoms with van der Waals surface area (Å²) in [6.45, 7) is 9.88. The van der Waals surface area contributed by atoms with Gasteiger partial charge in [-0.15, -0.1) is 0 Å². The van der Waals surface area contributed by atoms with Crippen molar-refractivity contribution in [2.75, 3.05) is 31.1 Å². The Bertz CT molecular complexity index is 1090. The van der Waals surface area contributed by atoms with E-state index in [1.165, 1.54) is 0 Å². The van der Waals surface area contributed by atoms with Crippen molar-refractivity contribution in [2.24, 2.45) is 0 Å². The Labute approximate surface area is 175 Å². The number of hydrogen-bond acceptors (Lipinski definition) is 5. The van der Waals surface area contributed by atoms with Crippen LogP contribution in [0.1, 0.15) is 43.1 Å². The Morgan fingerprint density at radius 2 is 1.93 bits per heavy atom. The number of rotatable bonds is 5. The molecule has 6 nitrogen and oxygen atoms in total. The second-order valence-corrected chi connectivity index (χ2v) is 8.11. The van der Waals surface area contributed by atoms with Gasteiger partial charge >= 0.3 is 0 Å². The highest BCUT2D eigenvalue weighted by molar-refractivity contribution is 5.75. The standard InChI is InChI=1S/C23H28FN5O/c1-4-15(2)21-23(30)27-22-19(26-21)8-6-17(20(22)24)14-28-9-11-29(12-10-28)18-7-5-16(3)25-13-18/h5-8,13,15H,4,9-12,14H2,1-3H3,(H,27,30). The molecule has 1 fully saturated rings. The second kappa shape index (κ2) is 8.52. The molecule has 0 radical (unpaired) electrons. The molecule has 3 heterocycles. The molecule has 2 aromatic heterocycles. The molecule has 3 aromatic rings. The van der Waals surface area contributed by atoms with Crippen molar-refractivity contribution in [2.45, 2.75) is 39.7 Å². The first-order chi connectivity index (χ1) is 14.5. The third kappa shape index (κ3) is 4.07. The molecule has 1 N–H and O–H groups in total. The number of anilines is 1. The number of benzene rings is 1. The van der Waals surface area contributed by atoms with Gasteiger partial charge in [0, 0.05) is 49.9 Å². The maximum Gasteiger partial charge on any atom is 0.270 e. The predicted molar refractivity (Wildman–Crippen MR) is 117 cm³/mol. The van der Waals surface area contributed by atoms with Gasteiger partial charge in [0.2, 0.25) is 0 Å². The molecule has 1 aliphatic heterocycles. The molecular formula is C23H28FN5O. The monoisotopic (exact) mass is 409 g/mol. The van der Waals surface area contributed by atoms with E-state index >= 15 is 4.39 Å². The average Bonchev–Trinajstić information content (AvgIpc) is 2.76. The SMILES string of the molecule is CCC(C)c1nc2ccc(CN3CCN(c4ccc(C)nc4)CC3)c(F)c2[nH]c1=O. The van der Waals surface area contributed by atoms with Gasteiger partial charge in [-0.25, -0.2) is 9.37 Å². The third-order valence-corrected chi connectivity index (χ3v) is 6.02. The van der Waals surface area contributed by atoms with Crippen LogP contribution in [0.25, 0.3) is 11.0 Å². The number of nitrogens with one attached hydrogen (secondary N) is 1. The van der Waals surface area contributed by atoms with Gasteiger partial charge in [-0.1, -0.05) is 19.9 Å².